The van der Waals surface area contributed by atoms with Crippen molar-refractivity contribution in [2.45, 2.75) is 24.8 Å². The van der Waals surface area contributed by atoms with Crippen molar-refractivity contribution in [1.29, 1.82) is 0 Å². The quantitative estimate of drug-likeness (QED) is 0.321. The maximum absolute atomic E-state index is 14.1. The van der Waals surface area contributed by atoms with E-state index in [0.29, 0.717) is 54.4 Å². The van der Waals surface area contributed by atoms with Gasteiger partial charge in [0.15, 0.2) is 5.16 Å². The molecule has 2 aromatic heterocycles. The number of aromatic nitrogens is 3. The van der Waals surface area contributed by atoms with Crippen molar-refractivity contribution in [3.8, 4) is 5.69 Å². The van der Waals surface area contributed by atoms with Crippen LogP contribution < -0.4 is 10.5 Å². The lowest BCUT2D eigenvalue weighted by molar-refractivity contribution is 0.122. The first-order chi connectivity index (χ1) is 16.0. The number of nitrogens with zero attached hydrogens (tertiary/aromatic N) is 4. The number of benzene rings is 2. The molecule has 4 aromatic rings. The number of ether oxygens (including phenoxy) is 1. The molecule has 0 radical (unpaired) electrons. The van der Waals surface area contributed by atoms with Gasteiger partial charge < -0.3 is 14.1 Å². The molecule has 5 rings (SSSR count). The molecule has 0 atom stereocenters. The van der Waals surface area contributed by atoms with E-state index in [-0.39, 0.29) is 11.4 Å². The third-order valence-corrected chi connectivity index (χ3v) is 6.83. The molecule has 7 nitrogen and oxygen atoms in total. The Hall–Kier alpha value is -3.17. The molecule has 1 fully saturated rings. The number of aryl methyl sites for hydroxylation is 2. The number of hydrogen-bond donors (Lipinski definition) is 0. The minimum Gasteiger partial charge on any atom is -0.422 e. The van der Waals surface area contributed by atoms with Gasteiger partial charge in [0.2, 0.25) is 5.95 Å². The fraction of sp³-hybridized carbons (Fsp3) is 0.292. The lowest BCUT2D eigenvalue weighted by atomic mass is 10.0. The fourth-order valence-corrected chi connectivity index (χ4v) is 4.89. The van der Waals surface area contributed by atoms with Crippen LogP contribution in [0, 0.1) is 19.7 Å². The zero-order chi connectivity index (χ0) is 22.9. The minimum absolute atomic E-state index is 0.331. The molecular formula is C24H23FN4O3S. The van der Waals surface area contributed by atoms with Gasteiger partial charge in [-0.2, -0.15) is 0 Å². The highest BCUT2D eigenvalue weighted by molar-refractivity contribution is 7.98. The van der Waals surface area contributed by atoms with Crippen molar-refractivity contribution in [1.82, 2.24) is 14.8 Å². The molecular weight excluding hydrogens is 443 g/mol. The predicted molar refractivity (Wildman–Crippen MR) is 126 cm³/mol. The van der Waals surface area contributed by atoms with Gasteiger partial charge in [-0.15, -0.1) is 10.2 Å². The summed E-state index contributed by atoms with van der Waals surface area (Å²) in [6.07, 6.45) is 0. The van der Waals surface area contributed by atoms with Crippen LogP contribution in [0.25, 0.3) is 16.7 Å². The van der Waals surface area contributed by atoms with Gasteiger partial charge in [0.05, 0.1) is 18.9 Å². The van der Waals surface area contributed by atoms with E-state index in [9.17, 15) is 9.18 Å². The fourth-order valence-electron chi connectivity index (χ4n) is 3.95. The maximum Gasteiger partial charge on any atom is 0.336 e. The van der Waals surface area contributed by atoms with E-state index >= 15 is 0 Å². The molecule has 1 aliphatic heterocycles. The highest BCUT2D eigenvalue weighted by Crippen LogP contribution is 2.32. The number of fused-ring (bicyclic) bond motifs is 1. The molecule has 0 bridgehead atoms. The molecule has 0 N–H and O–H groups in total. The van der Waals surface area contributed by atoms with E-state index in [2.05, 4.69) is 15.1 Å². The van der Waals surface area contributed by atoms with Crippen LogP contribution in [-0.4, -0.2) is 41.1 Å². The second-order valence-electron chi connectivity index (χ2n) is 7.96. The van der Waals surface area contributed by atoms with E-state index < -0.39 is 0 Å². The highest BCUT2D eigenvalue weighted by Gasteiger charge is 2.22. The average molecular weight is 467 g/mol. The van der Waals surface area contributed by atoms with Crippen LogP contribution in [0.2, 0.25) is 0 Å². The van der Waals surface area contributed by atoms with E-state index in [0.717, 1.165) is 22.1 Å². The summed E-state index contributed by atoms with van der Waals surface area (Å²) < 4.78 is 26.9. The third kappa shape index (κ3) is 4.26. The summed E-state index contributed by atoms with van der Waals surface area (Å²) in [6.45, 7) is 6.51. The van der Waals surface area contributed by atoms with Gasteiger partial charge in [-0.3, -0.25) is 4.57 Å². The van der Waals surface area contributed by atoms with Gasteiger partial charge in [0, 0.05) is 30.3 Å². The third-order valence-electron chi connectivity index (χ3n) is 5.85. The lowest BCUT2D eigenvalue weighted by Gasteiger charge is -2.27. The topological polar surface area (TPSA) is 73.4 Å². The molecule has 0 amide bonds. The van der Waals surface area contributed by atoms with Gasteiger partial charge in [-0.1, -0.05) is 30.0 Å². The average Bonchev–Trinajstić information content (AvgIpc) is 3.25. The van der Waals surface area contributed by atoms with Crippen molar-refractivity contribution in [3.63, 3.8) is 0 Å². The van der Waals surface area contributed by atoms with Crippen LogP contribution in [0.1, 0.15) is 16.7 Å². The van der Waals surface area contributed by atoms with Gasteiger partial charge in [-0.05, 0) is 48.7 Å². The standard InChI is InChI=1S/C24H23FN4O3S/c1-15-6-7-20-17(12-21(30)32-22(20)16(15)2)14-33-24-27-26-23(28-8-10-31-11-9-28)29(24)19-5-3-4-18(25)13-19/h3-7,12-13H,8-11,14H2,1-2H3. The molecule has 0 spiro atoms. The first-order valence-corrected chi connectivity index (χ1v) is 11.7. The Kier molecular flexibility index (Phi) is 5.90. The Morgan fingerprint density at radius 2 is 1.91 bits per heavy atom. The number of hydrogen-bond acceptors (Lipinski definition) is 7. The van der Waals surface area contributed by atoms with Gasteiger partial charge in [0.25, 0.3) is 0 Å². The summed E-state index contributed by atoms with van der Waals surface area (Å²) in [6, 6.07) is 11.9. The summed E-state index contributed by atoms with van der Waals surface area (Å²) in [5, 5.41) is 10.4. The van der Waals surface area contributed by atoms with E-state index in [1.165, 1.54) is 30.0 Å². The largest absolute Gasteiger partial charge is 0.422 e. The van der Waals surface area contributed by atoms with Crippen LogP contribution in [0.4, 0.5) is 10.3 Å². The van der Waals surface area contributed by atoms with Crippen LogP contribution in [0.3, 0.4) is 0 Å². The second-order valence-corrected chi connectivity index (χ2v) is 8.90. The Balaban J connectivity index is 1.54. The Morgan fingerprint density at radius 3 is 2.70 bits per heavy atom. The molecule has 1 aliphatic rings. The first-order valence-electron chi connectivity index (χ1n) is 10.7. The van der Waals surface area contributed by atoms with Crippen molar-refractivity contribution in [2.75, 3.05) is 31.2 Å². The number of halogens is 1. The SMILES string of the molecule is Cc1ccc2c(CSc3nnc(N4CCOCC4)n3-c3cccc(F)c3)cc(=O)oc2c1C. The monoisotopic (exact) mass is 466 g/mol. The normalized spacial score (nSPS) is 14.2. The van der Waals surface area contributed by atoms with Crippen LogP contribution in [0.5, 0.6) is 0 Å². The number of morpholine rings is 1. The van der Waals surface area contributed by atoms with Gasteiger partial charge in [-0.25, -0.2) is 9.18 Å². The van der Waals surface area contributed by atoms with E-state index in [4.69, 9.17) is 9.15 Å². The van der Waals surface area contributed by atoms with Crippen LogP contribution in [0.15, 0.2) is 56.8 Å². The smallest absolute Gasteiger partial charge is 0.336 e. The molecule has 0 unspecified atom stereocenters. The zero-order valence-corrected chi connectivity index (χ0v) is 19.2. The van der Waals surface area contributed by atoms with E-state index in [1.807, 2.05) is 36.6 Å². The molecule has 0 saturated carbocycles. The summed E-state index contributed by atoms with van der Waals surface area (Å²) >= 11 is 1.45. The number of rotatable bonds is 5. The van der Waals surface area contributed by atoms with Crippen molar-refractivity contribution >= 4 is 28.7 Å². The van der Waals surface area contributed by atoms with Gasteiger partial charge >= 0.3 is 5.63 Å². The Bertz CT molecular complexity index is 1380. The summed E-state index contributed by atoms with van der Waals surface area (Å²) in [5.74, 6) is 0.805. The maximum atomic E-state index is 14.1. The van der Waals surface area contributed by atoms with Crippen molar-refractivity contribution in [3.05, 3.63) is 75.4 Å². The zero-order valence-electron chi connectivity index (χ0n) is 18.4. The molecule has 0 aliphatic carbocycles. The number of thioether (sulfide) groups is 1. The van der Waals surface area contributed by atoms with Crippen LogP contribution >= 0.6 is 11.8 Å². The minimum atomic E-state index is -0.382. The Labute approximate surface area is 194 Å². The molecule has 170 valence electrons. The number of anilines is 1. The lowest BCUT2D eigenvalue weighted by Crippen LogP contribution is -2.37. The summed E-state index contributed by atoms with van der Waals surface area (Å²) in [5.41, 5.74) is 3.75. The second kappa shape index (κ2) is 8.99. The van der Waals surface area contributed by atoms with Crippen LogP contribution in [-0.2, 0) is 10.5 Å². The molecule has 9 heteroatoms. The molecule has 2 aromatic carbocycles. The molecule has 1 saturated heterocycles. The van der Waals surface area contributed by atoms with Crippen molar-refractivity contribution in [2.24, 2.45) is 0 Å². The highest BCUT2D eigenvalue weighted by atomic mass is 32.2. The summed E-state index contributed by atoms with van der Waals surface area (Å²) in [7, 11) is 0. The van der Waals surface area contributed by atoms with Crippen molar-refractivity contribution < 1.29 is 13.5 Å². The predicted octanol–water partition coefficient (Wildman–Crippen LogP) is 4.26. The summed E-state index contributed by atoms with van der Waals surface area (Å²) in [4.78, 5) is 14.3. The molecule has 3 heterocycles. The van der Waals surface area contributed by atoms with E-state index in [1.54, 1.807) is 6.07 Å². The Morgan fingerprint density at radius 1 is 1.09 bits per heavy atom. The van der Waals surface area contributed by atoms with Gasteiger partial charge in [0.1, 0.15) is 11.4 Å². The first kappa shape index (κ1) is 21.7. The molecule has 33 heavy (non-hydrogen) atoms.